The van der Waals surface area contributed by atoms with E-state index in [1.54, 1.807) is 23.1 Å². The number of H-pyrrole nitrogens is 1. The zero-order valence-corrected chi connectivity index (χ0v) is 15.4. The SMILES string of the molecule is CC[C@H]1CCCN1C(=O)c1cnc(Cc2c(Cl)cccc2Cl)[nH]c1=O. The number of rotatable bonds is 4. The first kappa shape index (κ1) is 18.0. The number of halogens is 2. The number of amides is 1. The van der Waals surface area contributed by atoms with Crippen molar-refractivity contribution >= 4 is 29.1 Å². The second-order valence-electron chi connectivity index (χ2n) is 6.15. The van der Waals surface area contributed by atoms with E-state index in [1.165, 1.54) is 6.20 Å². The van der Waals surface area contributed by atoms with Crippen molar-refractivity contribution < 1.29 is 4.79 Å². The number of hydrogen-bond donors (Lipinski definition) is 1. The van der Waals surface area contributed by atoms with E-state index in [1.807, 2.05) is 0 Å². The number of likely N-dealkylation sites (tertiary alicyclic amines) is 1. The van der Waals surface area contributed by atoms with Gasteiger partial charge in [0.15, 0.2) is 0 Å². The molecular weight excluding hydrogens is 361 g/mol. The summed E-state index contributed by atoms with van der Waals surface area (Å²) >= 11 is 12.3. The summed E-state index contributed by atoms with van der Waals surface area (Å²) in [6, 6.07) is 5.42. The second-order valence-corrected chi connectivity index (χ2v) is 6.97. The Balaban J connectivity index is 1.84. The zero-order valence-electron chi connectivity index (χ0n) is 13.9. The van der Waals surface area contributed by atoms with Crippen LogP contribution in [0.3, 0.4) is 0 Å². The molecule has 0 bridgehead atoms. The lowest BCUT2D eigenvalue weighted by molar-refractivity contribution is 0.0731. The third-order valence-corrected chi connectivity index (χ3v) is 5.31. The molecule has 5 nitrogen and oxygen atoms in total. The summed E-state index contributed by atoms with van der Waals surface area (Å²) in [4.78, 5) is 33.7. The summed E-state index contributed by atoms with van der Waals surface area (Å²) < 4.78 is 0. The van der Waals surface area contributed by atoms with E-state index in [-0.39, 0.29) is 17.5 Å². The van der Waals surface area contributed by atoms with Gasteiger partial charge in [-0.25, -0.2) is 4.98 Å². The highest BCUT2D eigenvalue weighted by Gasteiger charge is 2.29. The molecule has 7 heteroatoms. The van der Waals surface area contributed by atoms with Gasteiger partial charge in [-0.05, 0) is 37.0 Å². The highest BCUT2D eigenvalue weighted by Crippen LogP contribution is 2.26. The molecule has 1 aliphatic rings. The van der Waals surface area contributed by atoms with Gasteiger partial charge < -0.3 is 9.88 Å². The Kier molecular flexibility index (Phi) is 5.45. The molecule has 1 saturated heterocycles. The highest BCUT2D eigenvalue weighted by molar-refractivity contribution is 6.36. The average molecular weight is 380 g/mol. The van der Waals surface area contributed by atoms with E-state index in [4.69, 9.17) is 23.2 Å². The summed E-state index contributed by atoms with van der Waals surface area (Å²) in [5.74, 6) is 0.172. The van der Waals surface area contributed by atoms with Crippen molar-refractivity contribution in [2.45, 2.75) is 38.6 Å². The average Bonchev–Trinajstić information content (AvgIpc) is 3.06. The van der Waals surface area contributed by atoms with Crippen molar-refractivity contribution in [1.82, 2.24) is 14.9 Å². The quantitative estimate of drug-likeness (QED) is 0.880. The molecule has 25 heavy (non-hydrogen) atoms. The lowest BCUT2D eigenvalue weighted by atomic mass is 10.1. The Hall–Kier alpha value is -1.85. The molecule has 1 N–H and O–H groups in total. The summed E-state index contributed by atoms with van der Waals surface area (Å²) in [5, 5.41) is 1.02. The molecule has 1 atom stereocenters. The maximum atomic E-state index is 12.6. The Morgan fingerprint density at radius 2 is 2.08 bits per heavy atom. The predicted octanol–water partition coefficient (Wildman–Crippen LogP) is 3.68. The lowest BCUT2D eigenvalue weighted by Gasteiger charge is -2.23. The molecule has 1 aromatic heterocycles. The predicted molar refractivity (Wildman–Crippen MR) is 98.5 cm³/mol. The molecule has 1 aliphatic heterocycles. The molecule has 0 radical (unpaired) electrons. The molecular formula is C18H19Cl2N3O2. The fourth-order valence-electron chi connectivity index (χ4n) is 3.22. The monoisotopic (exact) mass is 379 g/mol. The standard InChI is InChI=1S/C18H19Cl2N3O2/c1-2-11-5-4-8-23(11)18(25)13-10-21-16(22-17(13)24)9-12-14(19)6-3-7-15(12)20/h3,6-7,10-11H,2,4-5,8-9H2,1H3,(H,21,22,24)/t11-/m0/s1. The normalized spacial score (nSPS) is 17.1. The summed E-state index contributed by atoms with van der Waals surface area (Å²) in [5.41, 5.74) is 0.341. The maximum absolute atomic E-state index is 12.6. The van der Waals surface area contributed by atoms with Crippen LogP contribution in [0.5, 0.6) is 0 Å². The Labute approximate surface area is 156 Å². The number of hydrogen-bond acceptors (Lipinski definition) is 3. The van der Waals surface area contributed by atoms with Crippen molar-refractivity contribution in [2.24, 2.45) is 0 Å². The first-order chi connectivity index (χ1) is 12.0. The van der Waals surface area contributed by atoms with Crippen LogP contribution < -0.4 is 5.56 Å². The van der Waals surface area contributed by atoms with Crippen LogP contribution >= 0.6 is 23.2 Å². The van der Waals surface area contributed by atoms with Crippen LogP contribution in [0, 0.1) is 0 Å². The number of aromatic nitrogens is 2. The van der Waals surface area contributed by atoms with E-state index < -0.39 is 5.56 Å². The fourth-order valence-corrected chi connectivity index (χ4v) is 3.76. The van der Waals surface area contributed by atoms with Crippen LogP contribution in [0.15, 0.2) is 29.2 Å². The van der Waals surface area contributed by atoms with E-state index in [2.05, 4.69) is 16.9 Å². The van der Waals surface area contributed by atoms with E-state index >= 15 is 0 Å². The molecule has 1 amide bonds. The van der Waals surface area contributed by atoms with Crippen LogP contribution in [0.1, 0.15) is 47.9 Å². The van der Waals surface area contributed by atoms with Gasteiger partial charge in [0.25, 0.3) is 11.5 Å². The van der Waals surface area contributed by atoms with Gasteiger partial charge >= 0.3 is 0 Å². The second kappa shape index (κ2) is 7.58. The fraction of sp³-hybridized carbons (Fsp3) is 0.389. The zero-order chi connectivity index (χ0) is 18.0. The smallest absolute Gasteiger partial charge is 0.263 e. The minimum atomic E-state index is -0.431. The third-order valence-electron chi connectivity index (χ3n) is 4.60. The molecule has 0 spiro atoms. The van der Waals surface area contributed by atoms with Gasteiger partial charge in [-0.2, -0.15) is 0 Å². The van der Waals surface area contributed by atoms with Gasteiger partial charge in [-0.15, -0.1) is 0 Å². The minimum Gasteiger partial charge on any atom is -0.335 e. The van der Waals surface area contributed by atoms with Gasteiger partial charge in [-0.1, -0.05) is 36.2 Å². The van der Waals surface area contributed by atoms with Crippen molar-refractivity contribution in [3.63, 3.8) is 0 Å². The number of benzene rings is 1. The summed E-state index contributed by atoms with van der Waals surface area (Å²) in [6.45, 7) is 2.74. The van der Waals surface area contributed by atoms with Crippen molar-refractivity contribution in [2.75, 3.05) is 6.54 Å². The summed E-state index contributed by atoms with van der Waals surface area (Å²) in [6.07, 6.45) is 4.49. The lowest BCUT2D eigenvalue weighted by Crippen LogP contribution is -2.38. The van der Waals surface area contributed by atoms with Crippen molar-refractivity contribution in [1.29, 1.82) is 0 Å². The first-order valence-electron chi connectivity index (χ1n) is 8.33. The van der Waals surface area contributed by atoms with Gasteiger partial charge in [0.1, 0.15) is 11.4 Å². The van der Waals surface area contributed by atoms with Crippen LogP contribution in [0.2, 0.25) is 10.0 Å². The Bertz CT molecular complexity index is 830. The van der Waals surface area contributed by atoms with Crippen molar-refractivity contribution in [3.05, 3.63) is 61.7 Å². The summed E-state index contributed by atoms with van der Waals surface area (Å²) in [7, 11) is 0. The van der Waals surface area contributed by atoms with Gasteiger partial charge in [0.05, 0.1) is 0 Å². The topological polar surface area (TPSA) is 66.1 Å². The van der Waals surface area contributed by atoms with Gasteiger partial charge in [0, 0.05) is 35.2 Å². The highest BCUT2D eigenvalue weighted by atomic mass is 35.5. The van der Waals surface area contributed by atoms with E-state index in [0.717, 1.165) is 19.3 Å². The van der Waals surface area contributed by atoms with Crippen LogP contribution in [0.4, 0.5) is 0 Å². The largest absolute Gasteiger partial charge is 0.335 e. The van der Waals surface area contributed by atoms with Crippen LogP contribution in [0.25, 0.3) is 0 Å². The molecule has 2 aromatic rings. The van der Waals surface area contributed by atoms with E-state index in [9.17, 15) is 9.59 Å². The number of aromatic amines is 1. The molecule has 0 unspecified atom stereocenters. The van der Waals surface area contributed by atoms with Crippen molar-refractivity contribution in [3.8, 4) is 0 Å². The van der Waals surface area contributed by atoms with E-state index in [0.29, 0.717) is 34.4 Å². The number of nitrogens with zero attached hydrogens (tertiary/aromatic N) is 2. The maximum Gasteiger partial charge on any atom is 0.263 e. The molecule has 132 valence electrons. The van der Waals surface area contributed by atoms with Crippen LogP contribution in [-0.4, -0.2) is 33.4 Å². The Morgan fingerprint density at radius 1 is 1.36 bits per heavy atom. The molecule has 0 aliphatic carbocycles. The molecule has 2 heterocycles. The number of carbonyl (C=O) groups excluding carboxylic acids is 1. The molecule has 3 rings (SSSR count). The molecule has 1 fully saturated rings. The molecule has 1 aromatic carbocycles. The number of carbonyl (C=O) groups is 1. The third kappa shape index (κ3) is 3.72. The minimum absolute atomic E-state index is 0.0781. The van der Waals surface area contributed by atoms with Gasteiger partial charge in [-0.3, -0.25) is 9.59 Å². The van der Waals surface area contributed by atoms with Crippen LogP contribution in [-0.2, 0) is 6.42 Å². The van der Waals surface area contributed by atoms with Gasteiger partial charge in [0.2, 0.25) is 0 Å². The Morgan fingerprint density at radius 3 is 2.72 bits per heavy atom. The number of nitrogens with one attached hydrogen (secondary N) is 1. The molecule has 0 saturated carbocycles. The first-order valence-corrected chi connectivity index (χ1v) is 9.09.